The molecule has 0 radical (unpaired) electrons. The van der Waals surface area contributed by atoms with Gasteiger partial charge >= 0.3 is 0 Å². The van der Waals surface area contributed by atoms with Gasteiger partial charge in [0.15, 0.2) is 0 Å². The van der Waals surface area contributed by atoms with Gasteiger partial charge in [-0.15, -0.1) is 0 Å². The smallest absolute Gasteiger partial charge is 0.227 e. The van der Waals surface area contributed by atoms with E-state index in [9.17, 15) is 4.79 Å². The lowest BCUT2D eigenvalue weighted by molar-refractivity contribution is -0.119. The fourth-order valence-electron chi connectivity index (χ4n) is 2.73. The fraction of sp³-hybridized carbons (Fsp3) is 0.562. The molecule has 1 aromatic rings. The van der Waals surface area contributed by atoms with E-state index in [1.54, 1.807) is 0 Å². The Kier molecular flexibility index (Phi) is 4.59. The zero-order valence-electron chi connectivity index (χ0n) is 12.1. The fourth-order valence-corrected chi connectivity index (χ4v) is 2.73. The number of benzene rings is 1. The van der Waals surface area contributed by atoms with Crippen LogP contribution >= 0.6 is 0 Å². The number of carbonyl (C=O) groups excluding carboxylic acids is 1. The third-order valence-corrected chi connectivity index (χ3v) is 4.27. The molecule has 1 heterocycles. The summed E-state index contributed by atoms with van der Waals surface area (Å²) in [6, 6.07) is 8.61. The predicted molar refractivity (Wildman–Crippen MR) is 79.4 cm³/mol. The maximum absolute atomic E-state index is 12.2. The van der Waals surface area contributed by atoms with Gasteiger partial charge in [-0.1, -0.05) is 38.5 Å². The average Bonchev–Trinajstić information content (AvgIpc) is 2.45. The number of nitrogens with zero attached hydrogens (tertiary/aromatic N) is 1. The van der Waals surface area contributed by atoms with Crippen molar-refractivity contribution in [1.82, 2.24) is 5.32 Å². The number of rotatable bonds is 5. The lowest BCUT2D eigenvalue weighted by Crippen LogP contribution is -2.47. The first-order valence-corrected chi connectivity index (χ1v) is 7.22. The van der Waals surface area contributed by atoms with E-state index in [0.717, 1.165) is 25.1 Å². The normalized spacial score (nSPS) is 18.1. The van der Waals surface area contributed by atoms with Crippen molar-refractivity contribution in [1.29, 1.82) is 0 Å². The number of fused-ring (bicyclic) bond motifs is 1. The van der Waals surface area contributed by atoms with Crippen molar-refractivity contribution in [3.05, 3.63) is 29.8 Å². The van der Waals surface area contributed by atoms with E-state index < -0.39 is 0 Å². The quantitative estimate of drug-likeness (QED) is 0.882. The van der Waals surface area contributed by atoms with Crippen LogP contribution in [0.15, 0.2) is 24.3 Å². The van der Waals surface area contributed by atoms with E-state index in [4.69, 9.17) is 0 Å². The van der Waals surface area contributed by atoms with Gasteiger partial charge in [-0.05, 0) is 31.0 Å². The molecule has 1 aromatic carbocycles. The molecule has 0 saturated carbocycles. The van der Waals surface area contributed by atoms with Crippen LogP contribution in [0.3, 0.4) is 0 Å². The van der Waals surface area contributed by atoms with Crippen LogP contribution in [0.5, 0.6) is 0 Å². The van der Waals surface area contributed by atoms with Crippen molar-refractivity contribution in [2.75, 3.05) is 18.5 Å². The summed E-state index contributed by atoms with van der Waals surface area (Å²) >= 11 is 0. The van der Waals surface area contributed by atoms with E-state index in [2.05, 4.69) is 37.4 Å². The Labute approximate surface area is 116 Å². The van der Waals surface area contributed by atoms with Gasteiger partial charge in [-0.2, -0.15) is 0 Å². The minimum absolute atomic E-state index is 0.252. The second-order valence-electron chi connectivity index (χ2n) is 5.41. The van der Waals surface area contributed by atoms with Gasteiger partial charge in [0, 0.05) is 24.7 Å². The van der Waals surface area contributed by atoms with Crippen molar-refractivity contribution in [2.24, 2.45) is 5.92 Å². The molecule has 2 atom stereocenters. The molecular formula is C16H24N2O. The van der Waals surface area contributed by atoms with E-state index in [-0.39, 0.29) is 5.91 Å². The molecular weight excluding hydrogens is 236 g/mol. The van der Waals surface area contributed by atoms with Gasteiger partial charge in [0.05, 0.1) is 0 Å². The topological polar surface area (TPSA) is 32.3 Å². The number of carbonyl (C=O) groups is 1. The summed E-state index contributed by atoms with van der Waals surface area (Å²) in [5.74, 6) is 0.814. The lowest BCUT2D eigenvalue weighted by atomic mass is 9.96. The molecule has 3 nitrogen and oxygen atoms in total. The van der Waals surface area contributed by atoms with Gasteiger partial charge in [0.25, 0.3) is 0 Å². The first kappa shape index (κ1) is 14.1. The Morgan fingerprint density at radius 3 is 2.74 bits per heavy atom. The zero-order chi connectivity index (χ0) is 13.8. The molecule has 1 aliphatic rings. The van der Waals surface area contributed by atoms with Gasteiger partial charge in [0.2, 0.25) is 5.91 Å². The molecule has 0 aliphatic carbocycles. The Morgan fingerprint density at radius 2 is 2.05 bits per heavy atom. The molecule has 0 aromatic heterocycles. The first-order chi connectivity index (χ1) is 9.17. The minimum Gasteiger partial charge on any atom is -0.315 e. The number of hydrogen-bond donors (Lipinski definition) is 1. The monoisotopic (exact) mass is 260 g/mol. The van der Waals surface area contributed by atoms with Crippen LogP contribution in [-0.2, 0) is 11.2 Å². The molecule has 3 heteroatoms. The number of amides is 1. The number of para-hydroxylation sites is 1. The van der Waals surface area contributed by atoms with E-state index in [1.165, 1.54) is 5.56 Å². The maximum atomic E-state index is 12.2. The number of anilines is 1. The van der Waals surface area contributed by atoms with Crippen LogP contribution in [0.25, 0.3) is 0 Å². The van der Waals surface area contributed by atoms with Crippen molar-refractivity contribution >= 4 is 11.6 Å². The highest BCUT2D eigenvalue weighted by Gasteiger charge is 2.27. The third-order valence-electron chi connectivity index (χ3n) is 4.27. The molecule has 1 aliphatic heterocycles. The summed E-state index contributed by atoms with van der Waals surface area (Å²) in [6.45, 7) is 5.20. The van der Waals surface area contributed by atoms with E-state index >= 15 is 0 Å². The van der Waals surface area contributed by atoms with Gasteiger partial charge in [-0.25, -0.2) is 0 Å². The molecule has 2 unspecified atom stereocenters. The Balaban J connectivity index is 2.21. The second kappa shape index (κ2) is 6.20. The number of likely N-dealkylation sites (N-methyl/N-ethyl adjacent to an activating group) is 1. The highest BCUT2D eigenvalue weighted by Crippen LogP contribution is 2.28. The molecule has 104 valence electrons. The van der Waals surface area contributed by atoms with E-state index in [0.29, 0.717) is 18.4 Å². The SMILES string of the molecule is CCC(C)C(CN1C(=O)CCc2ccccc21)NC. The summed E-state index contributed by atoms with van der Waals surface area (Å²) in [5, 5.41) is 3.36. The summed E-state index contributed by atoms with van der Waals surface area (Å²) < 4.78 is 0. The summed E-state index contributed by atoms with van der Waals surface area (Å²) in [4.78, 5) is 14.2. The highest BCUT2D eigenvalue weighted by molar-refractivity contribution is 5.96. The average molecular weight is 260 g/mol. The van der Waals surface area contributed by atoms with Crippen molar-refractivity contribution in [2.45, 2.75) is 39.2 Å². The number of hydrogen-bond acceptors (Lipinski definition) is 2. The van der Waals surface area contributed by atoms with Gasteiger partial charge in [-0.3, -0.25) is 4.79 Å². The zero-order valence-corrected chi connectivity index (χ0v) is 12.1. The Hall–Kier alpha value is -1.35. The van der Waals surface area contributed by atoms with Crippen LogP contribution in [0.1, 0.15) is 32.3 Å². The number of nitrogens with one attached hydrogen (secondary N) is 1. The molecule has 0 saturated heterocycles. The Bertz CT molecular complexity index is 444. The molecule has 2 rings (SSSR count). The van der Waals surface area contributed by atoms with Crippen LogP contribution in [-0.4, -0.2) is 25.5 Å². The molecule has 1 amide bonds. The maximum Gasteiger partial charge on any atom is 0.227 e. The standard InChI is InChI=1S/C16H24N2O/c1-4-12(2)14(17-3)11-18-15-8-6-5-7-13(15)9-10-16(18)19/h5-8,12,14,17H,4,9-11H2,1-3H3. The summed E-state index contributed by atoms with van der Waals surface area (Å²) in [7, 11) is 1.98. The Morgan fingerprint density at radius 1 is 1.32 bits per heavy atom. The van der Waals surface area contributed by atoms with Crippen LogP contribution < -0.4 is 10.2 Å². The third kappa shape index (κ3) is 2.98. The molecule has 0 spiro atoms. The highest BCUT2D eigenvalue weighted by atomic mass is 16.2. The van der Waals surface area contributed by atoms with Crippen molar-refractivity contribution in [3.63, 3.8) is 0 Å². The molecule has 0 fully saturated rings. The van der Waals surface area contributed by atoms with E-state index in [1.807, 2.05) is 18.0 Å². The lowest BCUT2D eigenvalue weighted by Gasteiger charge is -2.34. The van der Waals surface area contributed by atoms with Crippen molar-refractivity contribution < 1.29 is 4.79 Å². The second-order valence-corrected chi connectivity index (χ2v) is 5.41. The van der Waals surface area contributed by atoms with Gasteiger partial charge < -0.3 is 10.2 Å². The van der Waals surface area contributed by atoms with Crippen LogP contribution in [0.4, 0.5) is 5.69 Å². The first-order valence-electron chi connectivity index (χ1n) is 7.22. The minimum atomic E-state index is 0.252. The predicted octanol–water partition coefficient (Wildman–Crippen LogP) is 2.60. The largest absolute Gasteiger partial charge is 0.315 e. The summed E-state index contributed by atoms with van der Waals surface area (Å²) in [5.41, 5.74) is 2.39. The molecule has 1 N–H and O–H groups in total. The summed E-state index contributed by atoms with van der Waals surface area (Å²) in [6.07, 6.45) is 2.63. The van der Waals surface area contributed by atoms with Crippen LogP contribution in [0, 0.1) is 5.92 Å². The molecule has 19 heavy (non-hydrogen) atoms. The van der Waals surface area contributed by atoms with Gasteiger partial charge in [0.1, 0.15) is 0 Å². The molecule has 0 bridgehead atoms. The number of aryl methyl sites for hydroxylation is 1. The van der Waals surface area contributed by atoms with Crippen LogP contribution in [0.2, 0.25) is 0 Å². The van der Waals surface area contributed by atoms with Crippen molar-refractivity contribution in [3.8, 4) is 0 Å².